The molecule has 19 heavy (non-hydrogen) atoms. The van der Waals surface area contributed by atoms with Gasteiger partial charge in [0.2, 0.25) is 0 Å². The minimum atomic E-state index is -0.646. The Morgan fingerprint density at radius 2 is 2.05 bits per heavy atom. The van der Waals surface area contributed by atoms with Crippen LogP contribution in [0.15, 0.2) is 0 Å². The van der Waals surface area contributed by atoms with Crippen LogP contribution in [0.4, 0.5) is 4.79 Å². The SMILES string of the molecule is C[C@@H]1C[C@H](N(C)C(=O)N2CCOCC2)[C@@H](O)C(I)O1. The Kier molecular flexibility index (Phi) is 5.27. The molecule has 1 unspecified atom stereocenters. The summed E-state index contributed by atoms with van der Waals surface area (Å²) in [6.45, 7) is 4.37. The number of alkyl halides is 1. The average Bonchev–Trinajstić information content (AvgIpc) is 2.42. The first-order chi connectivity index (χ1) is 9.00. The summed E-state index contributed by atoms with van der Waals surface area (Å²) in [6, 6.07) is -0.231. The molecule has 2 saturated heterocycles. The number of aliphatic hydroxyl groups is 1. The normalized spacial score (nSPS) is 36.1. The van der Waals surface area contributed by atoms with E-state index in [1.54, 1.807) is 16.8 Å². The lowest BCUT2D eigenvalue weighted by Gasteiger charge is -2.42. The first-order valence-electron chi connectivity index (χ1n) is 6.57. The highest BCUT2D eigenvalue weighted by atomic mass is 127. The Morgan fingerprint density at radius 1 is 1.42 bits per heavy atom. The molecule has 6 nitrogen and oxygen atoms in total. The van der Waals surface area contributed by atoms with Crippen LogP contribution in [0, 0.1) is 0 Å². The molecule has 1 N–H and O–H groups in total. The standard InChI is InChI=1S/C12H21IN2O4/c1-8-7-9(10(16)11(13)19-8)14(2)12(17)15-3-5-18-6-4-15/h8-11,16H,3-7H2,1-2H3/t8-,9+,10-,11?/m1/s1. The van der Waals surface area contributed by atoms with Crippen molar-refractivity contribution < 1.29 is 19.4 Å². The van der Waals surface area contributed by atoms with E-state index in [4.69, 9.17) is 9.47 Å². The molecule has 0 aromatic heterocycles. The minimum Gasteiger partial charge on any atom is -0.387 e. The van der Waals surface area contributed by atoms with Crippen LogP contribution in [0.2, 0.25) is 0 Å². The predicted octanol–water partition coefficient (Wildman–Crippen LogP) is 0.670. The van der Waals surface area contributed by atoms with E-state index in [-0.39, 0.29) is 22.3 Å². The summed E-state index contributed by atoms with van der Waals surface area (Å²) >= 11 is 2.08. The summed E-state index contributed by atoms with van der Waals surface area (Å²) in [6.07, 6.45) is 0.0646. The van der Waals surface area contributed by atoms with Crippen molar-refractivity contribution >= 4 is 28.6 Å². The molecule has 0 radical (unpaired) electrons. The van der Waals surface area contributed by atoms with Crippen LogP contribution in [0.25, 0.3) is 0 Å². The van der Waals surface area contributed by atoms with Gasteiger partial charge >= 0.3 is 6.03 Å². The number of carbonyl (C=O) groups excluding carboxylic acids is 1. The largest absolute Gasteiger partial charge is 0.387 e. The smallest absolute Gasteiger partial charge is 0.320 e. The highest BCUT2D eigenvalue weighted by Gasteiger charge is 2.39. The molecular formula is C12H21IN2O4. The molecule has 4 atom stereocenters. The van der Waals surface area contributed by atoms with E-state index >= 15 is 0 Å². The number of nitrogens with zero attached hydrogens (tertiary/aromatic N) is 2. The zero-order valence-electron chi connectivity index (χ0n) is 11.3. The molecule has 7 heteroatoms. The van der Waals surface area contributed by atoms with E-state index in [2.05, 4.69) is 22.6 Å². The van der Waals surface area contributed by atoms with Crippen LogP contribution in [-0.2, 0) is 9.47 Å². The van der Waals surface area contributed by atoms with Gasteiger partial charge in [-0.25, -0.2) is 4.79 Å². The molecule has 0 aromatic carbocycles. The molecule has 2 heterocycles. The van der Waals surface area contributed by atoms with Crippen molar-refractivity contribution in [2.24, 2.45) is 0 Å². The van der Waals surface area contributed by atoms with Crippen LogP contribution in [0.5, 0.6) is 0 Å². The van der Waals surface area contributed by atoms with Gasteiger partial charge in [-0.05, 0) is 35.9 Å². The van der Waals surface area contributed by atoms with E-state index in [0.29, 0.717) is 32.7 Å². The Hall–Kier alpha value is -0.120. The number of rotatable bonds is 1. The number of carbonyl (C=O) groups is 1. The van der Waals surface area contributed by atoms with Crippen LogP contribution in [0.3, 0.4) is 0 Å². The van der Waals surface area contributed by atoms with E-state index in [1.165, 1.54) is 0 Å². The van der Waals surface area contributed by atoms with Gasteiger partial charge in [-0.3, -0.25) is 0 Å². The van der Waals surface area contributed by atoms with Crippen LogP contribution in [0.1, 0.15) is 13.3 Å². The molecule has 2 fully saturated rings. The van der Waals surface area contributed by atoms with E-state index < -0.39 is 6.10 Å². The lowest BCUT2D eigenvalue weighted by Crippen LogP contribution is -2.57. The Morgan fingerprint density at radius 3 is 2.68 bits per heavy atom. The van der Waals surface area contributed by atoms with Gasteiger partial charge in [-0.1, -0.05) is 0 Å². The molecule has 2 amide bonds. The fourth-order valence-electron chi connectivity index (χ4n) is 2.52. The van der Waals surface area contributed by atoms with Gasteiger partial charge in [0.15, 0.2) is 0 Å². The van der Waals surface area contributed by atoms with Crippen molar-refractivity contribution in [1.29, 1.82) is 0 Å². The number of likely N-dealkylation sites (N-methyl/N-ethyl adjacent to an activating group) is 1. The summed E-state index contributed by atoms with van der Waals surface area (Å²) in [5, 5.41) is 10.2. The Balaban J connectivity index is 2.00. The summed E-state index contributed by atoms with van der Waals surface area (Å²) in [5.74, 6) is 0. The van der Waals surface area contributed by atoms with Crippen LogP contribution >= 0.6 is 22.6 Å². The third kappa shape index (κ3) is 3.50. The Labute approximate surface area is 127 Å². The number of morpholine rings is 1. The van der Waals surface area contributed by atoms with Gasteiger partial charge in [0.05, 0.1) is 25.4 Å². The predicted molar refractivity (Wildman–Crippen MR) is 78.3 cm³/mol. The lowest BCUT2D eigenvalue weighted by molar-refractivity contribution is -0.0961. The fourth-order valence-corrected chi connectivity index (χ4v) is 3.50. The maximum Gasteiger partial charge on any atom is 0.320 e. The monoisotopic (exact) mass is 384 g/mol. The fraction of sp³-hybridized carbons (Fsp3) is 0.917. The average molecular weight is 384 g/mol. The van der Waals surface area contributed by atoms with Crippen molar-refractivity contribution in [2.45, 2.75) is 35.7 Å². The lowest BCUT2D eigenvalue weighted by atomic mass is 10.0. The summed E-state index contributed by atoms with van der Waals surface area (Å²) < 4.78 is 10.5. The topological polar surface area (TPSA) is 62.2 Å². The maximum absolute atomic E-state index is 12.4. The first-order valence-corrected chi connectivity index (χ1v) is 7.82. The van der Waals surface area contributed by atoms with Gasteiger partial charge in [-0.2, -0.15) is 0 Å². The van der Waals surface area contributed by atoms with E-state index in [0.717, 1.165) is 0 Å². The number of halogens is 1. The van der Waals surface area contributed by atoms with E-state index in [9.17, 15) is 9.90 Å². The molecular weight excluding hydrogens is 363 g/mol. The number of hydrogen-bond acceptors (Lipinski definition) is 4. The molecule has 2 aliphatic heterocycles. The molecule has 0 bridgehead atoms. The molecule has 0 aliphatic carbocycles. The number of ether oxygens (including phenoxy) is 2. The van der Waals surface area contributed by atoms with Gasteiger partial charge < -0.3 is 24.4 Å². The van der Waals surface area contributed by atoms with E-state index in [1.807, 2.05) is 6.92 Å². The van der Waals surface area contributed by atoms with Gasteiger partial charge in [0, 0.05) is 20.1 Å². The third-order valence-corrected chi connectivity index (χ3v) is 4.71. The second kappa shape index (κ2) is 6.55. The van der Waals surface area contributed by atoms with Crippen molar-refractivity contribution in [3.63, 3.8) is 0 Å². The summed E-state index contributed by atoms with van der Waals surface area (Å²) in [4.78, 5) is 15.8. The zero-order valence-corrected chi connectivity index (χ0v) is 13.4. The molecule has 0 spiro atoms. The van der Waals surface area contributed by atoms with Crippen molar-refractivity contribution in [3.8, 4) is 0 Å². The van der Waals surface area contributed by atoms with Crippen LogP contribution in [-0.4, -0.2) is 76.6 Å². The van der Waals surface area contributed by atoms with Crippen molar-refractivity contribution in [3.05, 3.63) is 0 Å². The number of amides is 2. The minimum absolute atomic E-state index is 0.0370. The highest BCUT2D eigenvalue weighted by molar-refractivity contribution is 14.1. The molecule has 2 aliphatic rings. The molecule has 0 saturated carbocycles. The Bertz CT molecular complexity index is 325. The summed E-state index contributed by atoms with van der Waals surface area (Å²) in [7, 11) is 1.76. The van der Waals surface area contributed by atoms with Gasteiger partial charge in [0.1, 0.15) is 10.2 Å². The molecule has 2 rings (SSSR count). The van der Waals surface area contributed by atoms with Gasteiger partial charge in [0.25, 0.3) is 0 Å². The van der Waals surface area contributed by atoms with Crippen molar-refractivity contribution in [1.82, 2.24) is 9.80 Å². The highest BCUT2D eigenvalue weighted by Crippen LogP contribution is 2.27. The quantitative estimate of drug-likeness (QED) is 0.534. The second-order valence-corrected chi connectivity index (χ2v) is 6.31. The molecule has 0 aromatic rings. The van der Waals surface area contributed by atoms with Crippen molar-refractivity contribution in [2.75, 3.05) is 33.4 Å². The number of hydrogen-bond donors (Lipinski definition) is 1. The number of aliphatic hydroxyl groups excluding tert-OH is 1. The molecule has 110 valence electrons. The summed E-state index contributed by atoms with van der Waals surface area (Å²) in [5.41, 5.74) is 0. The zero-order chi connectivity index (χ0) is 14.0. The third-order valence-electron chi connectivity index (χ3n) is 3.68. The van der Waals surface area contributed by atoms with Gasteiger partial charge in [-0.15, -0.1) is 0 Å². The van der Waals surface area contributed by atoms with Crippen LogP contribution < -0.4 is 0 Å². The maximum atomic E-state index is 12.4. The number of urea groups is 1. The second-order valence-electron chi connectivity index (χ2n) is 5.08. The first kappa shape index (κ1) is 15.3.